The molecule has 6 nitrogen and oxygen atoms in total. The Bertz CT molecular complexity index is 865. The number of nitrogens with zero attached hydrogens (tertiary/aromatic N) is 1. The maximum absolute atomic E-state index is 12.7. The van der Waals surface area contributed by atoms with Crippen molar-refractivity contribution in [3.63, 3.8) is 0 Å². The molecule has 2 aliphatic rings. The predicted molar refractivity (Wildman–Crippen MR) is 124 cm³/mol. The van der Waals surface area contributed by atoms with Gasteiger partial charge in [0.2, 0.25) is 5.91 Å². The summed E-state index contributed by atoms with van der Waals surface area (Å²) in [6, 6.07) is 9.27. The zero-order valence-corrected chi connectivity index (χ0v) is 18.5. The van der Waals surface area contributed by atoms with E-state index in [1.165, 1.54) is 25.7 Å². The number of anilines is 2. The summed E-state index contributed by atoms with van der Waals surface area (Å²) < 4.78 is 0. The third-order valence-electron chi connectivity index (χ3n) is 5.88. The maximum atomic E-state index is 12.7. The fraction of sp³-hybridized carbons (Fsp3) is 0.409. The first kappa shape index (κ1) is 24.1. The van der Waals surface area contributed by atoms with Crippen LogP contribution in [-0.4, -0.2) is 28.9 Å². The number of rotatable bonds is 4. The Labute approximate surface area is 189 Å². The van der Waals surface area contributed by atoms with Crippen LogP contribution in [0.3, 0.4) is 0 Å². The largest absolute Gasteiger partial charge is 0.325 e. The second-order valence-electron chi connectivity index (χ2n) is 7.81. The number of fused-ring (bicyclic) bond motifs is 1. The average Bonchev–Trinajstić information content (AvgIpc) is 3.15. The molecule has 4 rings (SSSR count). The van der Waals surface area contributed by atoms with Crippen molar-refractivity contribution in [3.05, 3.63) is 53.9 Å². The van der Waals surface area contributed by atoms with Gasteiger partial charge in [0.15, 0.2) is 0 Å². The number of halogens is 2. The molecule has 3 atom stereocenters. The van der Waals surface area contributed by atoms with Gasteiger partial charge in [-0.1, -0.05) is 18.9 Å². The van der Waals surface area contributed by atoms with Crippen molar-refractivity contribution in [1.82, 2.24) is 10.3 Å². The van der Waals surface area contributed by atoms with Gasteiger partial charge in [0.1, 0.15) is 0 Å². The van der Waals surface area contributed by atoms with Crippen molar-refractivity contribution >= 4 is 48.0 Å². The Balaban J connectivity index is 0.00000160. The smallest absolute Gasteiger partial charge is 0.255 e. The summed E-state index contributed by atoms with van der Waals surface area (Å²) in [5.74, 6) is 0.429. The lowest BCUT2D eigenvalue weighted by atomic mass is 9.85. The second kappa shape index (κ2) is 10.8. The van der Waals surface area contributed by atoms with Crippen LogP contribution in [0, 0.1) is 12.8 Å². The molecule has 1 saturated heterocycles. The molecule has 2 heterocycles. The van der Waals surface area contributed by atoms with E-state index in [0.29, 0.717) is 28.9 Å². The van der Waals surface area contributed by atoms with E-state index >= 15 is 0 Å². The highest BCUT2D eigenvalue weighted by molar-refractivity contribution is 6.05. The van der Waals surface area contributed by atoms with E-state index in [9.17, 15) is 9.59 Å². The summed E-state index contributed by atoms with van der Waals surface area (Å²) in [5.41, 5.74) is 2.86. The van der Waals surface area contributed by atoms with Crippen LogP contribution in [-0.2, 0) is 4.79 Å². The van der Waals surface area contributed by atoms with Crippen molar-refractivity contribution in [1.29, 1.82) is 0 Å². The van der Waals surface area contributed by atoms with Gasteiger partial charge in [0.25, 0.3) is 5.91 Å². The van der Waals surface area contributed by atoms with E-state index in [-0.39, 0.29) is 42.7 Å². The molecule has 1 aliphatic carbocycles. The topological polar surface area (TPSA) is 83.1 Å². The third kappa shape index (κ3) is 5.50. The van der Waals surface area contributed by atoms with E-state index in [1.54, 1.807) is 24.5 Å². The Morgan fingerprint density at radius 2 is 1.77 bits per heavy atom. The molecule has 1 aromatic carbocycles. The van der Waals surface area contributed by atoms with Crippen LogP contribution in [0.15, 0.2) is 42.7 Å². The standard InChI is InChI=1S/C22H26N4O2.2ClH/c1-14-6-7-17(13-19(14)26-21(27)15-8-10-23-11-9-15)24-22(28)20-12-16-4-2-3-5-18(16)25-20;;/h6-11,13,16,18,20,25H,2-5,12H2,1H3,(H,24,28)(H,26,27);2*1H. The minimum Gasteiger partial charge on any atom is -0.325 e. The predicted octanol–water partition coefficient (Wildman–Crippen LogP) is 4.35. The fourth-order valence-electron chi connectivity index (χ4n) is 4.28. The van der Waals surface area contributed by atoms with Gasteiger partial charge in [-0.25, -0.2) is 0 Å². The highest BCUT2D eigenvalue weighted by Crippen LogP contribution is 2.33. The third-order valence-corrected chi connectivity index (χ3v) is 5.88. The maximum Gasteiger partial charge on any atom is 0.255 e. The number of benzene rings is 1. The minimum atomic E-state index is -0.199. The lowest BCUT2D eigenvalue weighted by Crippen LogP contribution is -2.39. The van der Waals surface area contributed by atoms with E-state index in [4.69, 9.17) is 0 Å². The number of nitrogens with one attached hydrogen (secondary N) is 3. The average molecular weight is 451 g/mol. The summed E-state index contributed by atoms with van der Waals surface area (Å²) in [6.45, 7) is 1.93. The van der Waals surface area contributed by atoms with Gasteiger partial charge in [-0.2, -0.15) is 0 Å². The summed E-state index contributed by atoms with van der Waals surface area (Å²) in [4.78, 5) is 29.1. The number of carbonyl (C=O) groups excluding carboxylic acids is 2. The van der Waals surface area contributed by atoms with Gasteiger partial charge in [-0.15, -0.1) is 24.8 Å². The summed E-state index contributed by atoms with van der Waals surface area (Å²) in [6.07, 6.45) is 9.00. The summed E-state index contributed by atoms with van der Waals surface area (Å²) >= 11 is 0. The van der Waals surface area contributed by atoms with Crippen LogP contribution in [0.2, 0.25) is 0 Å². The number of amides is 2. The van der Waals surface area contributed by atoms with Crippen LogP contribution in [0.25, 0.3) is 0 Å². The SMILES string of the molecule is Cc1ccc(NC(=O)C2CC3CCCCC3N2)cc1NC(=O)c1ccncc1.Cl.Cl. The van der Waals surface area contributed by atoms with Gasteiger partial charge in [0.05, 0.1) is 6.04 Å². The molecular formula is C22H28Cl2N4O2. The monoisotopic (exact) mass is 450 g/mol. The quantitative estimate of drug-likeness (QED) is 0.646. The summed E-state index contributed by atoms with van der Waals surface area (Å²) in [5, 5.41) is 9.43. The molecule has 2 aromatic rings. The molecule has 162 valence electrons. The molecule has 0 radical (unpaired) electrons. The lowest BCUT2D eigenvalue weighted by molar-refractivity contribution is -0.117. The number of hydrogen-bond acceptors (Lipinski definition) is 4. The lowest BCUT2D eigenvalue weighted by Gasteiger charge is -2.24. The Hall–Kier alpha value is -2.15. The van der Waals surface area contributed by atoms with Crippen LogP contribution in [0.4, 0.5) is 11.4 Å². The van der Waals surface area contributed by atoms with E-state index < -0.39 is 0 Å². The second-order valence-corrected chi connectivity index (χ2v) is 7.81. The zero-order valence-electron chi connectivity index (χ0n) is 16.9. The molecule has 30 heavy (non-hydrogen) atoms. The van der Waals surface area contributed by atoms with E-state index in [0.717, 1.165) is 12.0 Å². The van der Waals surface area contributed by atoms with Crippen molar-refractivity contribution in [2.24, 2.45) is 5.92 Å². The first-order chi connectivity index (χ1) is 13.6. The first-order valence-corrected chi connectivity index (χ1v) is 9.99. The molecule has 1 aliphatic heterocycles. The molecule has 0 spiro atoms. The number of pyridine rings is 1. The highest BCUT2D eigenvalue weighted by Gasteiger charge is 2.38. The highest BCUT2D eigenvalue weighted by atomic mass is 35.5. The Morgan fingerprint density at radius 1 is 1.03 bits per heavy atom. The normalized spacial score (nSPS) is 22.1. The molecule has 2 fully saturated rings. The molecule has 1 aromatic heterocycles. The number of hydrogen-bond donors (Lipinski definition) is 3. The number of carbonyl (C=O) groups is 2. The van der Waals surface area contributed by atoms with Gasteiger partial charge in [-0.3, -0.25) is 14.6 Å². The van der Waals surface area contributed by atoms with E-state index in [1.807, 2.05) is 25.1 Å². The van der Waals surface area contributed by atoms with Crippen molar-refractivity contribution in [2.45, 2.75) is 51.1 Å². The van der Waals surface area contributed by atoms with Crippen LogP contribution >= 0.6 is 24.8 Å². The number of aromatic nitrogens is 1. The molecule has 8 heteroatoms. The first-order valence-electron chi connectivity index (χ1n) is 9.99. The van der Waals surface area contributed by atoms with Gasteiger partial charge < -0.3 is 16.0 Å². The van der Waals surface area contributed by atoms with Crippen LogP contribution in [0.5, 0.6) is 0 Å². The molecule has 2 amide bonds. The van der Waals surface area contributed by atoms with E-state index in [2.05, 4.69) is 20.9 Å². The molecular weight excluding hydrogens is 423 g/mol. The molecule has 3 N–H and O–H groups in total. The summed E-state index contributed by atoms with van der Waals surface area (Å²) in [7, 11) is 0. The van der Waals surface area contributed by atoms with Gasteiger partial charge in [-0.05, 0) is 61.9 Å². The van der Waals surface area contributed by atoms with Crippen molar-refractivity contribution in [2.75, 3.05) is 10.6 Å². The molecule has 3 unspecified atom stereocenters. The van der Waals surface area contributed by atoms with Crippen LogP contribution < -0.4 is 16.0 Å². The van der Waals surface area contributed by atoms with Crippen LogP contribution in [0.1, 0.15) is 48.0 Å². The zero-order chi connectivity index (χ0) is 19.5. The molecule has 0 bridgehead atoms. The van der Waals surface area contributed by atoms with Crippen molar-refractivity contribution in [3.8, 4) is 0 Å². The Morgan fingerprint density at radius 3 is 2.50 bits per heavy atom. The number of aryl methyl sites for hydroxylation is 1. The van der Waals surface area contributed by atoms with Crippen molar-refractivity contribution < 1.29 is 9.59 Å². The fourth-order valence-corrected chi connectivity index (χ4v) is 4.28. The molecule has 1 saturated carbocycles. The minimum absolute atomic E-state index is 0. The van der Waals surface area contributed by atoms with Gasteiger partial charge >= 0.3 is 0 Å². The Kier molecular flexibility index (Phi) is 8.65. The van der Waals surface area contributed by atoms with Gasteiger partial charge in [0, 0.05) is 35.4 Å².